The number of rotatable bonds is 5. The van der Waals surface area contributed by atoms with Crippen LogP contribution in [0.3, 0.4) is 0 Å². The van der Waals surface area contributed by atoms with Gasteiger partial charge in [0, 0.05) is 23.4 Å². The largest absolute Gasteiger partial charge is 0.493 e. The molecule has 2 aromatic carbocycles. The average Bonchev–Trinajstić information content (AvgIpc) is 3.13. The lowest BCUT2D eigenvalue weighted by atomic mass is 9.85. The average molecular weight is 367 g/mol. The summed E-state index contributed by atoms with van der Waals surface area (Å²) in [5.41, 5.74) is -1.53. The third-order valence-electron chi connectivity index (χ3n) is 4.15. The van der Waals surface area contributed by atoms with E-state index in [9.17, 15) is 13.2 Å². The SMILES string of the molecule is COc1ccc(C2(c3cc(F)c(F)cc3F)C=NCO2)c(OC)c1OC. The van der Waals surface area contributed by atoms with Crippen LogP contribution in [-0.2, 0) is 10.3 Å². The van der Waals surface area contributed by atoms with Crippen molar-refractivity contribution in [1.82, 2.24) is 0 Å². The summed E-state index contributed by atoms with van der Waals surface area (Å²) in [7, 11) is 4.26. The first-order chi connectivity index (χ1) is 12.5. The lowest BCUT2D eigenvalue weighted by Crippen LogP contribution is -2.32. The van der Waals surface area contributed by atoms with Gasteiger partial charge in [0.1, 0.15) is 12.5 Å². The highest BCUT2D eigenvalue weighted by Crippen LogP contribution is 2.48. The molecule has 0 aromatic heterocycles. The Hall–Kier alpha value is -2.74. The highest BCUT2D eigenvalue weighted by atomic mass is 19.2. The predicted molar refractivity (Wildman–Crippen MR) is 87.6 cm³/mol. The number of ether oxygens (including phenoxy) is 4. The molecule has 0 amide bonds. The number of halogens is 3. The number of aliphatic imine (C=N–C) groups is 1. The number of benzene rings is 2. The highest BCUT2D eigenvalue weighted by Gasteiger charge is 2.43. The first-order valence-corrected chi connectivity index (χ1v) is 7.58. The molecule has 138 valence electrons. The molecule has 1 aliphatic heterocycles. The van der Waals surface area contributed by atoms with Crippen molar-refractivity contribution in [3.63, 3.8) is 0 Å². The molecule has 3 rings (SSSR count). The molecule has 0 bridgehead atoms. The van der Waals surface area contributed by atoms with Crippen LogP contribution < -0.4 is 14.2 Å². The molecular weight excluding hydrogens is 351 g/mol. The fourth-order valence-corrected chi connectivity index (χ4v) is 2.98. The van der Waals surface area contributed by atoms with E-state index in [4.69, 9.17) is 18.9 Å². The van der Waals surface area contributed by atoms with Gasteiger partial charge in [-0.1, -0.05) is 0 Å². The Morgan fingerprint density at radius 3 is 2.15 bits per heavy atom. The lowest BCUT2D eigenvalue weighted by molar-refractivity contribution is 0.0582. The van der Waals surface area contributed by atoms with Gasteiger partial charge in [0.25, 0.3) is 0 Å². The van der Waals surface area contributed by atoms with Crippen molar-refractivity contribution < 1.29 is 32.1 Å². The van der Waals surface area contributed by atoms with Crippen LogP contribution in [0.4, 0.5) is 13.2 Å². The van der Waals surface area contributed by atoms with Gasteiger partial charge in [-0.25, -0.2) is 13.2 Å². The zero-order valence-electron chi connectivity index (χ0n) is 14.3. The molecule has 0 fully saturated rings. The van der Waals surface area contributed by atoms with Crippen LogP contribution >= 0.6 is 0 Å². The van der Waals surface area contributed by atoms with Crippen molar-refractivity contribution in [2.24, 2.45) is 4.99 Å². The molecule has 0 saturated heterocycles. The summed E-state index contributed by atoms with van der Waals surface area (Å²) < 4.78 is 63.4. The van der Waals surface area contributed by atoms with E-state index >= 15 is 0 Å². The van der Waals surface area contributed by atoms with Gasteiger partial charge >= 0.3 is 0 Å². The summed E-state index contributed by atoms with van der Waals surface area (Å²) in [6.45, 7) is -0.0874. The van der Waals surface area contributed by atoms with Gasteiger partial charge in [-0.3, -0.25) is 4.99 Å². The molecule has 1 unspecified atom stereocenters. The summed E-state index contributed by atoms with van der Waals surface area (Å²) in [4.78, 5) is 4.00. The molecule has 0 saturated carbocycles. The second-order valence-electron chi connectivity index (χ2n) is 5.45. The van der Waals surface area contributed by atoms with Crippen molar-refractivity contribution in [1.29, 1.82) is 0 Å². The van der Waals surface area contributed by atoms with E-state index in [0.29, 0.717) is 17.4 Å². The van der Waals surface area contributed by atoms with Crippen LogP contribution in [-0.4, -0.2) is 34.3 Å². The van der Waals surface area contributed by atoms with Gasteiger partial charge in [0.15, 0.2) is 28.7 Å². The standard InChI is InChI=1S/C18H16F3NO4/c1-23-15-5-4-10(16(24-2)17(15)25-3)18(8-22-9-26-18)11-6-13(20)14(21)7-12(11)19/h4-8H,9H2,1-3H3. The summed E-state index contributed by atoms with van der Waals surface area (Å²) in [5, 5.41) is 0. The minimum atomic E-state index is -1.61. The van der Waals surface area contributed by atoms with Crippen LogP contribution in [0.1, 0.15) is 11.1 Å². The van der Waals surface area contributed by atoms with Gasteiger partial charge in [0.05, 0.1) is 21.3 Å². The van der Waals surface area contributed by atoms with E-state index < -0.39 is 23.1 Å². The Kier molecular flexibility index (Phi) is 4.78. The van der Waals surface area contributed by atoms with Crippen molar-refractivity contribution in [2.45, 2.75) is 5.60 Å². The first-order valence-electron chi connectivity index (χ1n) is 7.58. The Balaban J connectivity index is 2.31. The minimum Gasteiger partial charge on any atom is -0.493 e. The smallest absolute Gasteiger partial charge is 0.203 e. The van der Waals surface area contributed by atoms with Gasteiger partial charge in [-0.05, 0) is 18.2 Å². The zero-order valence-corrected chi connectivity index (χ0v) is 14.3. The van der Waals surface area contributed by atoms with Crippen molar-refractivity contribution in [2.75, 3.05) is 28.1 Å². The fourth-order valence-electron chi connectivity index (χ4n) is 2.98. The second-order valence-corrected chi connectivity index (χ2v) is 5.45. The third-order valence-corrected chi connectivity index (χ3v) is 4.15. The minimum absolute atomic E-state index is 0.0874. The molecule has 0 spiro atoms. The fraction of sp³-hybridized carbons (Fsp3) is 0.278. The Morgan fingerprint density at radius 1 is 0.885 bits per heavy atom. The Labute approximate surface area is 148 Å². The van der Waals surface area contributed by atoms with E-state index in [1.807, 2.05) is 0 Å². The molecule has 5 nitrogen and oxygen atoms in total. The third kappa shape index (κ3) is 2.66. The second kappa shape index (κ2) is 6.87. The summed E-state index contributed by atoms with van der Waals surface area (Å²) in [6, 6.07) is 4.36. The Bertz CT molecular complexity index is 872. The van der Waals surface area contributed by atoms with Gasteiger partial charge in [0.2, 0.25) is 5.75 Å². The molecule has 0 radical (unpaired) electrons. The normalized spacial score (nSPS) is 18.8. The number of nitrogens with zero attached hydrogens (tertiary/aromatic N) is 1. The van der Waals surface area contributed by atoms with Crippen LogP contribution in [0.5, 0.6) is 17.2 Å². The van der Waals surface area contributed by atoms with Crippen LogP contribution in [0.15, 0.2) is 29.3 Å². The van der Waals surface area contributed by atoms with Crippen LogP contribution in [0, 0.1) is 17.5 Å². The molecule has 0 N–H and O–H groups in total. The zero-order chi connectivity index (χ0) is 18.9. The van der Waals surface area contributed by atoms with Crippen molar-refractivity contribution in [3.8, 4) is 17.2 Å². The molecule has 1 aliphatic rings. The van der Waals surface area contributed by atoms with Gasteiger partial charge in [-0.2, -0.15) is 0 Å². The van der Waals surface area contributed by atoms with Crippen LogP contribution in [0.25, 0.3) is 0 Å². The van der Waals surface area contributed by atoms with E-state index in [2.05, 4.69) is 4.99 Å². The summed E-state index contributed by atoms with van der Waals surface area (Å²) >= 11 is 0. The van der Waals surface area contributed by atoms with Gasteiger partial charge < -0.3 is 18.9 Å². The van der Waals surface area contributed by atoms with Crippen molar-refractivity contribution >= 4 is 6.21 Å². The molecule has 1 atom stereocenters. The maximum absolute atomic E-state index is 14.5. The maximum atomic E-state index is 14.5. The first kappa shape index (κ1) is 18.1. The van der Waals surface area contributed by atoms with Crippen molar-refractivity contribution in [3.05, 3.63) is 52.8 Å². The molecule has 2 aromatic rings. The molecule has 0 aliphatic carbocycles. The quantitative estimate of drug-likeness (QED) is 0.760. The van der Waals surface area contributed by atoms with E-state index in [0.717, 1.165) is 6.07 Å². The summed E-state index contributed by atoms with van der Waals surface area (Å²) in [5.74, 6) is -2.65. The molecular formula is C18H16F3NO4. The number of hydrogen-bond acceptors (Lipinski definition) is 5. The van der Waals surface area contributed by atoms with E-state index in [-0.39, 0.29) is 23.8 Å². The highest BCUT2D eigenvalue weighted by molar-refractivity contribution is 5.81. The molecule has 26 heavy (non-hydrogen) atoms. The monoisotopic (exact) mass is 367 g/mol. The molecule has 1 heterocycles. The van der Waals surface area contributed by atoms with E-state index in [1.165, 1.54) is 27.5 Å². The number of methoxy groups -OCH3 is 3. The molecule has 8 heteroatoms. The number of hydrogen-bond donors (Lipinski definition) is 0. The summed E-state index contributed by atoms with van der Waals surface area (Å²) in [6.07, 6.45) is 1.33. The van der Waals surface area contributed by atoms with E-state index in [1.54, 1.807) is 12.1 Å². The maximum Gasteiger partial charge on any atom is 0.203 e. The van der Waals surface area contributed by atoms with Gasteiger partial charge in [-0.15, -0.1) is 0 Å². The topological polar surface area (TPSA) is 49.3 Å². The van der Waals surface area contributed by atoms with Crippen LogP contribution in [0.2, 0.25) is 0 Å². The predicted octanol–water partition coefficient (Wildman–Crippen LogP) is 3.43. The lowest BCUT2D eigenvalue weighted by Gasteiger charge is -2.29. The Morgan fingerprint density at radius 2 is 1.58 bits per heavy atom.